The zero-order valence-electron chi connectivity index (χ0n) is 13.7. The Morgan fingerprint density at radius 3 is 1.57 bits per heavy atom. The van der Waals surface area contributed by atoms with Crippen LogP contribution in [0.5, 0.6) is 0 Å². The summed E-state index contributed by atoms with van der Waals surface area (Å²) in [5.41, 5.74) is -8.83. The maximum absolute atomic E-state index is 13.7. The smallest absolute Gasteiger partial charge is 0.397 e. The summed E-state index contributed by atoms with van der Waals surface area (Å²) in [6, 6.07) is 0. The van der Waals surface area contributed by atoms with Crippen LogP contribution in [0.3, 0.4) is 0 Å². The normalized spacial score (nSPS) is 23.3. The molecular formula is C14H8F12N2S2. The van der Waals surface area contributed by atoms with E-state index in [4.69, 9.17) is 11.5 Å². The molecule has 4 N–H and O–H groups in total. The van der Waals surface area contributed by atoms with Crippen molar-refractivity contribution in [3.8, 4) is 0 Å². The number of benzene rings is 1. The third-order valence-electron chi connectivity index (χ3n) is 4.33. The van der Waals surface area contributed by atoms with Gasteiger partial charge < -0.3 is 11.5 Å². The molecular weight excluding hydrogens is 488 g/mol. The molecule has 2 rings (SSSR count). The summed E-state index contributed by atoms with van der Waals surface area (Å²) in [5, 5.41) is -2.83. The minimum absolute atomic E-state index is 0.425. The Bertz CT molecular complexity index is 910. The van der Waals surface area contributed by atoms with Gasteiger partial charge in [-0.2, -0.15) is 65.3 Å². The Hall–Kier alpha value is -1.42. The number of allylic oxidation sites excluding steroid dienone is 1. The lowest BCUT2D eigenvalue weighted by molar-refractivity contribution is -0.191. The predicted octanol–water partition coefficient (Wildman–Crippen LogP) is 5.57. The van der Waals surface area contributed by atoms with E-state index in [1.807, 2.05) is 0 Å². The minimum atomic E-state index is -5.96. The van der Waals surface area contributed by atoms with Gasteiger partial charge >= 0.3 is 24.7 Å². The third-order valence-corrected chi connectivity index (χ3v) is 5.35. The molecule has 0 heterocycles. The van der Waals surface area contributed by atoms with E-state index in [2.05, 4.69) is 25.3 Å². The van der Waals surface area contributed by atoms with Gasteiger partial charge in [0.1, 0.15) is 0 Å². The number of thiol groups is 2. The summed E-state index contributed by atoms with van der Waals surface area (Å²) >= 11 is 6.39. The highest BCUT2D eigenvalue weighted by molar-refractivity contribution is 7.81. The monoisotopic (exact) mass is 496 g/mol. The number of fused-ring (bicyclic) bond motifs is 1. The lowest BCUT2D eigenvalue weighted by Crippen LogP contribution is -2.59. The van der Waals surface area contributed by atoms with Gasteiger partial charge in [-0.1, -0.05) is 6.08 Å². The number of nitrogens with two attached hydrogens (primary N) is 2. The second-order valence-corrected chi connectivity index (χ2v) is 7.15. The molecule has 1 aliphatic rings. The summed E-state index contributed by atoms with van der Waals surface area (Å²) < 4.78 is 163. The molecule has 0 aromatic heterocycles. The number of alkyl halides is 12. The van der Waals surface area contributed by atoms with Gasteiger partial charge in [-0.15, -0.1) is 12.6 Å². The van der Waals surface area contributed by atoms with Gasteiger partial charge in [-0.25, -0.2) is 0 Å². The van der Waals surface area contributed by atoms with E-state index in [1.165, 1.54) is 0 Å². The Kier molecular flexibility index (Phi) is 5.62. The van der Waals surface area contributed by atoms with Crippen molar-refractivity contribution in [2.45, 2.75) is 40.4 Å². The molecule has 1 aliphatic carbocycles. The molecule has 1 aromatic carbocycles. The van der Waals surface area contributed by atoms with Crippen LogP contribution < -0.4 is 11.5 Å². The van der Waals surface area contributed by atoms with Crippen molar-refractivity contribution in [3.05, 3.63) is 28.3 Å². The largest absolute Gasteiger partial charge is 0.419 e. The minimum Gasteiger partial charge on any atom is -0.397 e. The Labute approximate surface area is 170 Å². The molecule has 0 bridgehead atoms. The number of hydrogen-bond acceptors (Lipinski definition) is 4. The fraction of sp³-hybridized carbons (Fsp3) is 0.429. The molecule has 0 saturated carbocycles. The molecule has 0 radical (unpaired) electrons. The standard InChI is InChI=1S/C14H8F12N2S2/c15-11(16,17)2-1-3(29)10(28,14(24,25)26)5-4(2)6(12(18,19)20)8(27)9(30)7(5)13(21,22)23/h1,3,29-30H,27-28H2. The highest BCUT2D eigenvalue weighted by Gasteiger charge is 2.65. The van der Waals surface area contributed by atoms with Crippen molar-refractivity contribution in [2.24, 2.45) is 5.73 Å². The van der Waals surface area contributed by atoms with Crippen molar-refractivity contribution < 1.29 is 52.7 Å². The average molecular weight is 496 g/mol. The molecule has 16 heteroatoms. The van der Waals surface area contributed by atoms with Gasteiger partial charge in [0, 0.05) is 16.0 Å². The molecule has 30 heavy (non-hydrogen) atoms. The summed E-state index contributed by atoms with van der Waals surface area (Å²) in [5.74, 6) is 0. The molecule has 2 atom stereocenters. The summed E-state index contributed by atoms with van der Waals surface area (Å²) in [4.78, 5) is -1.85. The number of rotatable bonds is 0. The number of nitrogen functional groups attached to an aromatic ring is 1. The molecule has 0 fully saturated rings. The van der Waals surface area contributed by atoms with Crippen LogP contribution in [0, 0.1) is 0 Å². The fourth-order valence-electron chi connectivity index (χ4n) is 3.08. The summed E-state index contributed by atoms with van der Waals surface area (Å²) in [6.45, 7) is 0. The molecule has 0 amide bonds. The lowest BCUT2D eigenvalue weighted by atomic mass is 9.71. The maximum Gasteiger partial charge on any atom is 0.419 e. The first-order chi connectivity index (χ1) is 13.1. The van der Waals surface area contributed by atoms with Crippen LogP contribution in [0.1, 0.15) is 22.3 Å². The Morgan fingerprint density at radius 1 is 0.800 bits per heavy atom. The van der Waals surface area contributed by atoms with Gasteiger partial charge in [0.05, 0.1) is 27.6 Å². The van der Waals surface area contributed by atoms with Crippen LogP contribution in [0.25, 0.3) is 5.57 Å². The average Bonchev–Trinajstić information content (AvgIpc) is 2.47. The molecule has 170 valence electrons. The van der Waals surface area contributed by atoms with Crippen LogP contribution in [0.15, 0.2) is 11.0 Å². The second kappa shape index (κ2) is 6.79. The van der Waals surface area contributed by atoms with Crippen LogP contribution in [0.2, 0.25) is 0 Å². The van der Waals surface area contributed by atoms with E-state index in [0.29, 0.717) is 0 Å². The van der Waals surface area contributed by atoms with Crippen LogP contribution >= 0.6 is 25.3 Å². The van der Waals surface area contributed by atoms with E-state index < -0.39 is 80.0 Å². The van der Waals surface area contributed by atoms with Crippen LogP contribution in [-0.4, -0.2) is 17.6 Å². The van der Waals surface area contributed by atoms with Gasteiger partial charge in [0.2, 0.25) is 0 Å². The van der Waals surface area contributed by atoms with Gasteiger partial charge in [-0.3, -0.25) is 0 Å². The van der Waals surface area contributed by atoms with E-state index in [-0.39, 0.29) is 0 Å². The van der Waals surface area contributed by atoms with Gasteiger partial charge in [0.15, 0.2) is 5.54 Å². The van der Waals surface area contributed by atoms with Crippen molar-refractivity contribution in [1.82, 2.24) is 0 Å². The topological polar surface area (TPSA) is 52.0 Å². The predicted molar refractivity (Wildman–Crippen MR) is 86.8 cm³/mol. The van der Waals surface area contributed by atoms with E-state index in [0.717, 1.165) is 0 Å². The van der Waals surface area contributed by atoms with Crippen molar-refractivity contribution in [1.29, 1.82) is 0 Å². The molecule has 0 saturated heterocycles. The Balaban J connectivity index is 3.36. The first-order valence-corrected chi connectivity index (χ1v) is 8.20. The zero-order chi connectivity index (χ0) is 23.8. The third kappa shape index (κ3) is 3.59. The van der Waals surface area contributed by atoms with Crippen LogP contribution in [0.4, 0.5) is 58.4 Å². The number of halogens is 12. The van der Waals surface area contributed by atoms with Crippen molar-refractivity contribution in [3.63, 3.8) is 0 Å². The van der Waals surface area contributed by atoms with Crippen molar-refractivity contribution in [2.75, 3.05) is 5.73 Å². The Morgan fingerprint density at radius 2 is 1.23 bits per heavy atom. The fourth-order valence-corrected chi connectivity index (χ4v) is 3.85. The number of anilines is 1. The first kappa shape index (κ1) is 24.8. The maximum atomic E-state index is 13.7. The highest BCUT2D eigenvalue weighted by Crippen LogP contribution is 2.59. The molecule has 1 aromatic rings. The van der Waals surface area contributed by atoms with E-state index >= 15 is 0 Å². The lowest BCUT2D eigenvalue weighted by Gasteiger charge is -2.43. The molecule has 2 nitrogen and oxygen atoms in total. The SMILES string of the molecule is Nc1c(S)c(C(F)(F)F)c2c(c1C(F)(F)F)C(C(F)(F)F)=CC(S)C2(N)C(F)(F)F. The molecule has 0 aliphatic heterocycles. The molecule has 0 spiro atoms. The summed E-state index contributed by atoms with van der Waals surface area (Å²) in [7, 11) is 0. The quantitative estimate of drug-likeness (QED) is 0.216. The van der Waals surface area contributed by atoms with E-state index in [9.17, 15) is 52.7 Å². The summed E-state index contributed by atoms with van der Waals surface area (Å²) in [6.07, 6.45) is -24.0. The van der Waals surface area contributed by atoms with E-state index in [1.54, 1.807) is 0 Å². The molecule has 2 unspecified atom stereocenters. The highest BCUT2D eigenvalue weighted by atomic mass is 32.1. The van der Waals surface area contributed by atoms with Gasteiger partial charge in [-0.05, 0) is 0 Å². The van der Waals surface area contributed by atoms with Crippen LogP contribution in [-0.2, 0) is 17.9 Å². The first-order valence-electron chi connectivity index (χ1n) is 7.24. The second-order valence-electron chi connectivity index (χ2n) is 6.15. The van der Waals surface area contributed by atoms with Gasteiger partial charge in [0.25, 0.3) is 0 Å². The number of hydrogen-bond donors (Lipinski definition) is 4. The van der Waals surface area contributed by atoms with Crippen molar-refractivity contribution >= 4 is 36.5 Å². The zero-order valence-corrected chi connectivity index (χ0v) is 15.5.